The molecule has 1 aromatic carbocycles. The van der Waals surface area contributed by atoms with Crippen molar-refractivity contribution in [2.45, 2.75) is 31.6 Å². The summed E-state index contributed by atoms with van der Waals surface area (Å²) in [4.78, 5) is 13.6. The fraction of sp³-hybridized carbons (Fsp3) is 0.312. The molecule has 0 spiro atoms. The number of ketones is 1. The van der Waals surface area contributed by atoms with Gasteiger partial charge in [-0.25, -0.2) is 0 Å². The maximum Gasteiger partial charge on any atom is 0.145 e. The van der Waals surface area contributed by atoms with Crippen LogP contribution in [-0.2, 0) is 17.6 Å². The molecule has 3 rings (SSSR count). The van der Waals surface area contributed by atoms with Crippen molar-refractivity contribution in [1.82, 2.24) is 0 Å². The number of rotatable bonds is 3. The van der Waals surface area contributed by atoms with E-state index in [1.807, 2.05) is 11.4 Å². The average Bonchev–Trinajstić information content (AvgIpc) is 2.91. The predicted octanol–water partition coefficient (Wildman–Crippen LogP) is 3.98. The molecule has 0 saturated heterocycles. The molecule has 1 atom stereocenters. The largest absolute Gasteiger partial charge is 0.299 e. The van der Waals surface area contributed by atoms with Gasteiger partial charge < -0.3 is 0 Å². The van der Waals surface area contributed by atoms with Crippen LogP contribution >= 0.6 is 11.3 Å². The standard InChI is InChI=1S/C16H16OS/c17-16(11-13-7-4-10-18-13)15-9-3-6-12-5-1-2-8-14(12)15/h1-2,4-5,7-8,10,15H,3,6,9,11H2. The van der Waals surface area contributed by atoms with Gasteiger partial charge in [0.15, 0.2) is 0 Å². The molecular weight excluding hydrogens is 240 g/mol. The number of carbonyl (C=O) groups is 1. The number of fused-ring (bicyclic) bond motifs is 1. The Morgan fingerprint density at radius 3 is 2.94 bits per heavy atom. The molecule has 1 aliphatic rings. The molecule has 0 N–H and O–H groups in total. The van der Waals surface area contributed by atoms with E-state index in [1.165, 1.54) is 16.0 Å². The Morgan fingerprint density at radius 2 is 2.11 bits per heavy atom. The van der Waals surface area contributed by atoms with Gasteiger partial charge in [0.05, 0.1) is 0 Å². The highest BCUT2D eigenvalue weighted by atomic mass is 32.1. The number of Topliss-reactive ketones (excluding diaryl/α,β-unsaturated/α-hetero) is 1. The lowest BCUT2D eigenvalue weighted by Crippen LogP contribution is -2.19. The van der Waals surface area contributed by atoms with Crippen LogP contribution in [0.3, 0.4) is 0 Å². The molecule has 18 heavy (non-hydrogen) atoms. The SMILES string of the molecule is O=C(Cc1cccs1)C1CCCc2ccccc21. The van der Waals surface area contributed by atoms with E-state index in [0.29, 0.717) is 12.2 Å². The molecule has 0 fully saturated rings. The number of hydrogen-bond acceptors (Lipinski definition) is 2. The summed E-state index contributed by atoms with van der Waals surface area (Å²) >= 11 is 1.68. The van der Waals surface area contributed by atoms with Crippen LogP contribution in [0.1, 0.15) is 34.8 Å². The average molecular weight is 256 g/mol. The summed E-state index contributed by atoms with van der Waals surface area (Å²) in [7, 11) is 0. The molecule has 0 radical (unpaired) electrons. The summed E-state index contributed by atoms with van der Waals surface area (Å²) < 4.78 is 0. The van der Waals surface area contributed by atoms with Crippen molar-refractivity contribution >= 4 is 17.1 Å². The molecule has 1 nitrogen and oxygen atoms in total. The molecule has 0 aliphatic heterocycles. The fourth-order valence-electron chi connectivity index (χ4n) is 2.80. The molecule has 2 heteroatoms. The van der Waals surface area contributed by atoms with Gasteiger partial charge >= 0.3 is 0 Å². The van der Waals surface area contributed by atoms with Gasteiger partial charge in [0.2, 0.25) is 0 Å². The van der Waals surface area contributed by atoms with Gasteiger partial charge in [-0.2, -0.15) is 0 Å². The normalized spacial score (nSPS) is 18.3. The summed E-state index contributed by atoms with van der Waals surface area (Å²) in [6.07, 6.45) is 3.87. The van der Waals surface area contributed by atoms with Gasteiger partial charge in [-0.15, -0.1) is 11.3 Å². The monoisotopic (exact) mass is 256 g/mol. The van der Waals surface area contributed by atoms with Gasteiger partial charge in [-0.3, -0.25) is 4.79 Å². The Morgan fingerprint density at radius 1 is 1.22 bits per heavy atom. The van der Waals surface area contributed by atoms with Crippen LogP contribution in [0.5, 0.6) is 0 Å². The zero-order valence-electron chi connectivity index (χ0n) is 10.3. The smallest absolute Gasteiger partial charge is 0.145 e. The molecule has 2 aromatic rings. The molecule has 0 bridgehead atoms. The first-order chi connectivity index (χ1) is 8.84. The summed E-state index contributed by atoms with van der Waals surface area (Å²) in [6.45, 7) is 0. The number of hydrogen-bond donors (Lipinski definition) is 0. The Kier molecular flexibility index (Phi) is 3.28. The lowest BCUT2D eigenvalue weighted by atomic mass is 9.80. The lowest BCUT2D eigenvalue weighted by Gasteiger charge is -2.24. The predicted molar refractivity (Wildman–Crippen MR) is 75.2 cm³/mol. The van der Waals surface area contributed by atoms with E-state index >= 15 is 0 Å². The third-order valence-corrected chi connectivity index (χ3v) is 4.56. The van der Waals surface area contributed by atoms with Crippen LogP contribution in [0, 0.1) is 0 Å². The van der Waals surface area contributed by atoms with Crippen LogP contribution in [0.25, 0.3) is 0 Å². The number of thiophene rings is 1. The summed E-state index contributed by atoms with van der Waals surface area (Å²) in [5.74, 6) is 0.502. The maximum absolute atomic E-state index is 12.4. The third kappa shape index (κ3) is 2.25. The highest BCUT2D eigenvalue weighted by molar-refractivity contribution is 7.10. The number of aryl methyl sites for hydroxylation is 1. The van der Waals surface area contributed by atoms with Crippen LogP contribution in [-0.4, -0.2) is 5.78 Å². The van der Waals surface area contributed by atoms with Gasteiger partial charge in [0.25, 0.3) is 0 Å². The second kappa shape index (κ2) is 5.07. The van der Waals surface area contributed by atoms with E-state index in [-0.39, 0.29) is 5.92 Å². The molecule has 0 saturated carbocycles. The fourth-order valence-corrected chi connectivity index (χ4v) is 3.51. The first-order valence-electron chi connectivity index (χ1n) is 6.47. The second-order valence-electron chi connectivity index (χ2n) is 4.87. The second-order valence-corrected chi connectivity index (χ2v) is 5.90. The van der Waals surface area contributed by atoms with Crippen molar-refractivity contribution in [1.29, 1.82) is 0 Å². The molecule has 1 heterocycles. The first kappa shape index (κ1) is 11.7. The van der Waals surface area contributed by atoms with E-state index in [2.05, 4.69) is 30.3 Å². The Bertz CT molecular complexity index is 542. The summed E-state index contributed by atoms with van der Waals surface area (Å²) in [5.41, 5.74) is 2.64. The van der Waals surface area contributed by atoms with E-state index in [0.717, 1.165) is 19.3 Å². The molecule has 0 amide bonds. The minimum Gasteiger partial charge on any atom is -0.299 e. The van der Waals surface area contributed by atoms with Crippen LogP contribution < -0.4 is 0 Å². The Balaban J connectivity index is 1.83. The Hall–Kier alpha value is -1.41. The van der Waals surface area contributed by atoms with E-state index in [9.17, 15) is 4.79 Å². The van der Waals surface area contributed by atoms with Crippen molar-refractivity contribution in [3.05, 3.63) is 57.8 Å². The molecular formula is C16H16OS. The number of benzene rings is 1. The van der Waals surface area contributed by atoms with Gasteiger partial charge in [0.1, 0.15) is 5.78 Å². The molecule has 1 aromatic heterocycles. The topological polar surface area (TPSA) is 17.1 Å². The van der Waals surface area contributed by atoms with Crippen molar-refractivity contribution in [3.8, 4) is 0 Å². The molecule has 1 aliphatic carbocycles. The highest BCUT2D eigenvalue weighted by Gasteiger charge is 2.25. The third-order valence-electron chi connectivity index (χ3n) is 3.69. The lowest BCUT2D eigenvalue weighted by molar-refractivity contribution is -0.120. The highest BCUT2D eigenvalue weighted by Crippen LogP contribution is 2.33. The zero-order chi connectivity index (χ0) is 12.4. The minimum atomic E-state index is 0.122. The van der Waals surface area contributed by atoms with Crippen molar-refractivity contribution in [2.24, 2.45) is 0 Å². The van der Waals surface area contributed by atoms with Gasteiger partial charge in [0, 0.05) is 17.2 Å². The van der Waals surface area contributed by atoms with Gasteiger partial charge in [-0.05, 0) is 41.8 Å². The minimum absolute atomic E-state index is 0.122. The molecule has 1 unspecified atom stereocenters. The van der Waals surface area contributed by atoms with Crippen molar-refractivity contribution < 1.29 is 4.79 Å². The van der Waals surface area contributed by atoms with Crippen LogP contribution in [0.4, 0.5) is 0 Å². The summed E-state index contributed by atoms with van der Waals surface area (Å²) in [6, 6.07) is 12.5. The zero-order valence-corrected chi connectivity index (χ0v) is 11.1. The van der Waals surface area contributed by atoms with Gasteiger partial charge in [-0.1, -0.05) is 30.3 Å². The van der Waals surface area contributed by atoms with E-state index in [4.69, 9.17) is 0 Å². The number of carbonyl (C=O) groups excluding carboxylic acids is 1. The van der Waals surface area contributed by atoms with Crippen molar-refractivity contribution in [2.75, 3.05) is 0 Å². The Labute approximate surface area is 111 Å². The van der Waals surface area contributed by atoms with Crippen LogP contribution in [0.2, 0.25) is 0 Å². The quantitative estimate of drug-likeness (QED) is 0.812. The maximum atomic E-state index is 12.4. The van der Waals surface area contributed by atoms with E-state index < -0.39 is 0 Å². The summed E-state index contributed by atoms with van der Waals surface area (Å²) in [5, 5.41) is 2.04. The van der Waals surface area contributed by atoms with E-state index in [1.54, 1.807) is 11.3 Å². The molecule has 92 valence electrons. The van der Waals surface area contributed by atoms with Crippen molar-refractivity contribution in [3.63, 3.8) is 0 Å². The first-order valence-corrected chi connectivity index (χ1v) is 7.35. The van der Waals surface area contributed by atoms with Crippen LogP contribution in [0.15, 0.2) is 41.8 Å².